The number of aromatic nitrogens is 2. The molecule has 2 aromatic rings. The van der Waals surface area contributed by atoms with Crippen LogP contribution < -0.4 is 4.74 Å². The summed E-state index contributed by atoms with van der Waals surface area (Å²) in [4.78, 5) is 20.6. The lowest BCUT2D eigenvalue weighted by atomic mass is 10.1. The van der Waals surface area contributed by atoms with Gasteiger partial charge in [-0.1, -0.05) is 12.1 Å². The highest BCUT2D eigenvalue weighted by atomic mass is 16.5. The van der Waals surface area contributed by atoms with Crippen molar-refractivity contribution < 1.29 is 29.2 Å². The van der Waals surface area contributed by atoms with E-state index in [1.54, 1.807) is 4.90 Å². The molecule has 1 saturated heterocycles. The Bertz CT molecular complexity index is 969. The lowest BCUT2D eigenvalue weighted by Crippen LogP contribution is -2.48. The van der Waals surface area contributed by atoms with Gasteiger partial charge in [-0.2, -0.15) is 0 Å². The van der Waals surface area contributed by atoms with Gasteiger partial charge in [-0.15, -0.1) is 0 Å². The summed E-state index contributed by atoms with van der Waals surface area (Å²) in [5.74, 6) is 1.80. The number of carbonyl (C=O) groups excluding carboxylic acids is 1. The fraction of sp³-hybridized carbons (Fsp3) is 0.655. The number of benzene rings is 1. The Kier molecular flexibility index (Phi) is 13.2. The summed E-state index contributed by atoms with van der Waals surface area (Å²) in [6.45, 7) is 8.91. The van der Waals surface area contributed by atoms with E-state index in [-0.39, 0.29) is 19.1 Å². The van der Waals surface area contributed by atoms with Crippen LogP contribution in [0.4, 0.5) is 0 Å². The molecule has 218 valence electrons. The minimum Gasteiger partial charge on any atom is -0.494 e. The van der Waals surface area contributed by atoms with E-state index < -0.39 is 18.3 Å². The summed E-state index contributed by atoms with van der Waals surface area (Å²) >= 11 is 0. The maximum absolute atomic E-state index is 12.3. The molecule has 1 aliphatic rings. The molecule has 1 amide bonds. The van der Waals surface area contributed by atoms with Crippen molar-refractivity contribution in [1.29, 1.82) is 0 Å². The van der Waals surface area contributed by atoms with Crippen LogP contribution in [-0.4, -0.2) is 107 Å². The SMILES string of the molecule is CO[C@H]1CN(C(C)=O)CCCN(Cc2ccc(OCCCn3ccnc3C)cc2)CCCCOC[C@H](O)[C@@H]1O. The molecule has 0 saturated carbocycles. The predicted octanol–water partition coefficient (Wildman–Crippen LogP) is 2.25. The van der Waals surface area contributed by atoms with Crippen LogP contribution in [0.2, 0.25) is 0 Å². The van der Waals surface area contributed by atoms with E-state index in [1.165, 1.54) is 19.6 Å². The van der Waals surface area contributed by atoms with E-state index >= 15 is 0 Å². The molecule has 1 aromatic carbocycles. The van der Waals surface area contributed by atoms with Crippen LogP contribution in [0.15, 0.2) is 36.7 Å². The zero-order chi connectivity index (χ0) is 28.0. The average Bonchev–Trinajstić information content (AvgIpc) is 3.34. The number of rotatable bonds is 8. The van der Waals surface area contributed by atoms with Gasteiger partial charge in [0, 0.05) is 65.8 Å². The number of amides is 1. The summed E-state index contributed by atoms with van der Waals surface area (Å²) in [5, 5.41) is 20.8. The lowest BCUT2D eigenvalue weighted by Gasteiger charge is -2.31. The third kappa shape index (κ3) is 10.5. The zero-order valence-electron chi connectivity index (χ0n) is 23.7. The number of methoxy groups -OCH3 is 1. The first-order chi connectivity index (χ1) is 18.9. The van der Waals surface area contributed by atoms with Crippen LogP contribution in [0.1, 0.15) is 44.0 Å². The maximum atomic E-state index is 12.3. The Hall–Kier alpha value is -2.50. The molecular weight excluding hydrogens is 500 g/mol. The van der Waals surface area contributed by atoms with Gasteiger partial charge >= 0.3 is 0 Å². The Labute approximate surface area is 232 Å². The first-order valence-electron chi connectivity index (χ1n) is 14.0. The van der Waals surface area contributed by atoms with Gasteiger partial charge in [0.25, 0.3) is 0 Å². The number of hydrogen-bond acceptors (Lipinski definition) is 8. The van der Waals surface area contributed by atoms with E-state index in [4.69, 9.17) is 14.2 Å². The van der Waals surface area contributed by atoms with E-state index in [1.807, 2.05) is 31.5 Å². The highest BCUT2D eigenvalue weighted by molar-refractivity contribution is 5.73. The van der Waals surface area contributed by atoms with Crippen LogP contribution in [-0.2, 0) is 27.4 Å². The number of ether oxygens (including phenoxy) is 3. The topological polar surface area (TPSA) is 110 Å². The molecule has 1 aliphatic heterocycles. The van der Waals surface area contributed by atoms with E-state index in [9.17, 15) is 15.0 Å². The molecule has 1 fully saturated rings. The van der Waals surface area contributed by atoms with Crippen LogP contribution >= 0.6 is 0 Å². The molecule has 10 nitrogen and oxygen atoms in total. The number of nitrogens with zero attached hydrogens (tertiary/aromatic N) is 4. The van der Waals surface area contributed by atoms with Crippen molar-refractivity contribution in [2.45, 2.75) is 70.9 Å². The zero-order valence-corrected chi connectivity index (χ0v) is 23.7. The summed E-state index contributed by atoms with van der Waals surface area (Å²) in [6, 6.07) is 8.28. The molecule has 3 rings (SSSR count). The molecule has 0 aliphatic carbocycles. The van der Waals surface area contributed by atoms with E-state index in [0.717, 1.165) is 63.4 Å². The van der Waals surface area contributed by atoms with Crippen LogP contribution in [0.25, 0.3) is 0 Å². The fourth-order valence-electron chi connectivity index (χ4n) is 4.78. The van der Waals surface area contributed by atoms with E-state index in [0.29, 0.717) is 19.8 Å². The highest BCUT2D eigenvalue weighted by Gasteiger charge is 2.29. The van der Waals surface area contributed by atoms with Gasteiger partial charge in [-0.25, -0.2) is 4.98 Å². The van der Waals surface area contributed by atoms with Gasteiger partial charge < -0.3 is 33.9 Å². The van der Waals surface area contributed by atoms with Crippen LogP contribution in [0, 0.1) is 6.92 Å². The second-order valence-electron chi connectivity index (χ2n) is 10.2. The van der Waals surface area contributed by atoms with Crippen molar-refractivity contribution in [3.63, 3.8) is 0 Å². The normalized spacial score (nSPS) is 22.7. The van der Waals surface area contributed by atoms with Crippen molar-refractivity contribution in [2.75, 3.05) is 53.1 Å². The molecular formula is C29H46N4O6. The van der Waals surface area contributed by atoms with Gasteiger partial charge in [-0.3, -0.25) is 9.69 Å². The minimum atomic E-state index is -1.13. The Morgan fingerprint density at radius 2 is 1.90 bits per heavy atom. The monoisotopic (exact) mass is 546 g/mol. The molecule has 0 unspecified atom stereocenters. The first kappa shape index (κ1) is 31.0. The molecule has 0 spiro atoms. The summed E-state index contributed by atoms with van der Waals surface area (Å²) in [5.41, 5.74) is 1.21. The summed E-state index contributed by atoms with van der Waals surface area (Å²) in [6.07, 6.45) is 4.43. The highest BCUT2D eigenvalue weighted by Crippen LogP contribution is 2.16. The van der Waals surface area contributed by atoms with Crippen molar-refractivity contribution in [3.8, 4) is 5.75 Å². The van der Waals surface area contributed by atoms with Gasteiger partial charge in [0.1, 0.15) is 29.9 Å². The largest absolute Gasteiger partial charge is 0.494 e. The lowest BCUT2D eigenvalue weighted by molar-refractivity contribution is -0.136. The Morgan fingerprint density at radius 1 is 1.13 bits per heavy atom. The second kappa shape index (κ2) is 16.6. The van der Waals surface area contributed by atoms with Gasteiger partial charge in [0.05, 0.1) is 13.2 Å². The second-order valence-corrected chi connectivity index (χ2v) is 10.2. The van der Waals surface area contributed by atoms with Crippen molar-refractivity contribution in [2.24, 2.45) is 0 Å². The molecule has 0 bridgehead atoms. The molecule has 10 heteroatoms. The smallest absolute Gasteiger partial charge is 0.219 e. The van der Waals surface area contributed by atoms with Crippen molar-refractivity contribution in [3.05, 3.63) is 48.0 Å². The van der Waals surface area contributed by atoms with Gasteiger partial charge in [-0.05, 0) is 56.8 Å². The third-order valence-corrected chi connectivity index (χ3v) is 7.19. The minimum absolute atomic E-state index is 0.0302. The number of aliphatic hydroxyl groups excluding tert-OH is 2. The average molecular weight is 547 g/mol. The van der Waals surface area contributed by atoms with Gasteiger partial charge in [0.15, 0.2) is 0 Å². The number of carbonyl (C=O) groups is 1. The Morgan fingerprint density at radius 3 is 2.59 bits per heavy atom. The number of aryl methyl sites for hydroxylation is 2. The first-order valence-corrected chi connectivity index (χ1v) is 14.0. The van der Waals surface area contributed by atoms with Gasteiger partial charge in [0.2, 0.25) is 5.91 Å². The number of imidazole rings is 1. The van der Waals surface area contributed by atoms with Crippen molar-refractivity contribution in [1.82, 2.24) is 19.4 Å². The standard InChI is InChI=1S/C29H46N4O6/c1-23-30-12-17-32(23)16-7-19-39-26-10-8-25(9-11-26)20-31-13-4-5-18-38-22-27(35)29(36)28(37-3)21-33(24(2)34)15-6-14-31/h8-12,17,27-29,35-36H,4-7,13-16,18-22H2,1-3H3/t27-,28-,29-/m0/s1. The number of hydrogen-bond donors (Lipinski definition) is 2. The van der Waals surface area contributed by atoms with Crippen molar-refractivity contribution >= 4 is 5.91 Å². The molecule has 0 radical (unpaired) electrons. The summed E-state index contributed by atoms with van der Waals surface area (Å²) < 4.78 is 19.1. The van der Waals surface area contributed by atoms with Crippen LogP contribution in [0.3, 0.4) is 0 Å². The summed E-state index contributed by atoms with van der Waals surface area (Å²) in [7, 11) is 1.48. The van der Waals surface area contributed by atoms with E-state index in [2.05, 4.69) is 26.6 Å². The molecule has 1 aromatic heterocycles. The Balaban J connectivity index is 1.53. The maximum Gasteiger partial charge on any atom is 0.219 e. The molecule has 2 N–H and O–H groups in total. The molecule has 39 heavy (non-hydrogen) atoms. The quantitative estimate of drug-likeness (QED) is 0.486. The molecule has 3 atom stereocenters. The predicted molar refractivity (Wildman–Crippen MR) is 149 cm³/mol. The fourth-order valence-corrected chi connectivity index (χ4v) is 4.78. The number of aliphatic hydroxyl groups is 2. The van der Waals surface area contributed by atoms with Crippen LogP contribution in [0.5, 0.6) is 5.75 Å². The third-order valence-electron chi connectivity index (χ3n) is 7.19. The molecule has 2 heterocycles.